The van der Waals surface area contributed by atoms with E-state index in [1.165, 1.54) is 0 Å². The molecule has 0 aliphatic carbocycles. The number of hydrogen-bond donors (Lipinski definition) is 2. The lowest BCUT2D eigenvalue weighted by Gasteiger charge is -2.14. The van der Waals surface area contributed by atoms with Gasteiger partial charge in [-0.15, -0.1) is 0 Å². The lowest BCUT2D eigenvalue weighted by Crippen LogP contribution is -2.29. The summed E-state index contributed by atoms with van der Waals surface area (Å²) in [5.41, 5.74) is 0.966. The summed E-state index contributed by atoms with van der Waals surface area (Å²) >= 11 is 0. The van der Waals surface area contributed by atoms with Gasteiger partial charge in [0, 0.05) is 13.1 Å². The first kappa shape index (κ1) is 16.1. The van der Waals surface area contributed by atoms with E-state index in [1.54, 1.807) is 18.2 Å². The van der Waals surface area contributed by atoms with Crippen molar-refractivity contribution in [1.82, 2.24) is 10.0 Å². The van der Waals surface area contributed by atoms with Gasteiger partial charge in [0.25, 0.3) is 0 Å². The molecule has 4 nitrogen and oxygen atoms in total. The molecule has 1 aromatic rings. The van der Waals surface area contributed by atoms with Gasteiger partial charge >= 0.3 is 0 Å². The molecule has 0 saturated heterocycles. The van der Waals surface area contributed by atoms with Crippen molar-refractivity contribution in [3.05, 3.63) is 29.8 Å². The third kappa shape index (κ3) is 4.93. The molecule has 5 heteroatoms. The van der Waals surface area contributed by atoms with Gasteiger partial charge in [-0.25, -0.2) is 13.1 Å². The maximum absolute atomic E-state index is 12.2. The van der Waals surface area contributed by atoms with Gasteiger partial charge in [0.1, 0.15) is 0 Å². The predicted molar refractivity (Wildman–Crippen MR) is 78.5 cm³/mol. The second-order valence-corrected chi connectivity index (χ2v) is 6.48. The number of hydrogen-bond acceptors (Lipinski definition) is 3. The zero-order chi connectivity index (χ0) is 14.3. The Bertz CT molecular complexity index is 482. The van der Waals surface area contributed by atoms with Crippen molar-refractivity contribution in [3.8, 4) is 0 Å². The van der Waals surface area contributed by atoms with Crippen LogP contribution < -0.4 is 10.0 Å². The van der Waals surface area contributed by atoms with E-state index in [1.807, 2.05) is 13.1 Å². The summed E-state index contributed by atoms with van der Waals surface area (Å²) in [7, 11) is -1.55. The largest absolute Gasteiger partial charge is 0.316 e. The van der Waals surface area contributed by atoms with Crippen molar-refractivity contribution in [1.29, 1.82) is 0 Å². The Morgan fingerprint density at radius 1 is 1.21 bits per heavy atom. The molecule has 2 N–H and O–H groups in total. The van der Waals surface area contributed by atoms with E-state index in [4.69, 9.17) is 0 Å². The predicted octanol–water partition coefficient (Wildman–Crippen LogP) is 2.12. The fraction of sp³-hybridized carbons (Fsp3) is 0.571. The molecule has 1 aromatic carbocycles. The zero-order valence-electron chi connectivity index (χ0n) is 11.9. The van der Waals surface area contributed by atoms with Crippen LogP contribution in [0.5, 0.6) is 0 Å². The number of benzene rings is 1. The van der Waals surface area contributed by atoms with Gasteiger partial charge in [0.2, 0.25) is 10.0 Å². The summed E-state index contributed by atoms with van der Waals surface area (Å²) in [6, 6.07) is 7.04. The monoisotopic (exact) mass is 284 g/mol. The molecule has 0 spiro atoms. The van der Waals surface area contributed by atoms with Gasteiger partial charge in [0.15, 0.2) is 0 Å². The van der Waals surface area contributed by atoms with Crippen LogP contribution in [0.4, 0.5) is 0 Å². The molecule has 0 amide bonds. The lowest BCUT2D eigenvalue weighted by atomic mass is 10.0. The highest BCUT2D eigenvalue weighted by atomic mass is 32.2. The smallest absolute Gasteiger partial charge is 0.240 e. The highest BCUT2D eigenvalue weighted by Crippen LogP contribution is 2.13. The van der Waals surface area contributed by atoms with Gasteiger partial charge in [-0.1, -0.05) is 38.8 Å². The topological polar surface area (TPSA) is 58.2 Å². The normalized spacial score (nSPS) is 12.0. The van der Waals surface area contributed by atoms with Crippen molar-refractivity contribution in [2.24, 2.45) is 5.92 Å². The molecule has 0 aliphatic heterocycles. The molecule has 1 rings (SSSR count). The van der Waals surface area contributed by atoms with E-state index in [9.17, 15) is 8.42 Å². The highest BCUT2D eigenvalue weighted by molar-refractivity contribution is 7.89. The number of sulfonamides is 1. The van der Waals surface area contributed by atoms with Crippen LogP contribution in [0.3, 0.4) is 0 Å². The Balaban J connectivity index is 2.79. The van der Waals surface area contributed by atoms with Crippen LogP contribution in [0.2, 0.25) is 0 Å². The molecule has 0 radical (unpaired) electrons. The SMILES string of the molecule is CCC(CC)CNS(=O)(=O)c1cccc(CNC)c1. The van der Waals surface area contributed by atoms with Crippen LogP contribution >= 0.6 is 0 Å². The van der Waals surface area contributed by atoms with Crippen LogP contribution in [0.1, 0.15) is 32.3 Å². The van der Waals surface area contributed by atoms with Crippen LogP contribution in [0.15, 0.2) is 29.2 Å². The van der Waals surface area contributed by atoms with Crippen molar-refractivity contribution >= 4 is 10.0 Å². The summed E-state index contributed by atoms with van der Waals surface area (Å²) in [6.07, 6.45) is 1.97. The van der Waals surface area contributed by atoms with E-state index in [2.05, 4.69) is 23.9 Å². The average molecular weight is 284 g/mol. The van der Waals surface area contributed by atoms with Gasteiger partial charge in [-0.2, -0.15) is 0 Å². The fourth-order valence-electron chi connectivity index (χ4n) is 1.91. The molecule has 0 aliphatic rings. The van der Waals surface area contributed by atoms with Crippen molar-refractivity contribution in [3.63, 3.8) is 0 Å². The van der Waals surface area contributed by atoms with Gasteiger partial charge in [-0.3, -0.25) is 0 Å². The average Bonchev–Trinajstić information content (AvgIpc) is 2.40. The van der Waals surface area contributed by atoms with E-state index >= 15 is 0 Å². The Labute approximate surface area is 116 Å². The summed E-state index contributed by atoms with van der Waals surface area (Å²) in [5, 5.41) is 3.02. The Kier molecular flexibility index (Phi) is 6.48. The molecule has 0 fully saturated rings. The van der Waals surface area contributed by atoms with Crippen molar-refractivity contribution < 1.29 is 8.42 Å². The third-order valence-electron chi connectivity index (χ3n) is 3.31. The summed E-state index contributed by atoms with van der Waals surface area (Å²) < 4.78 is 27.1. The molecule has 0 unspecified atom stereocenters. The van der Waals surface area contributed by atoms with E-state index in [0.717, 1.165) is 18.4 Å². The minimum atomic E-state index is -3.39. The molecule has 0 heterocycles. The summed E-state index contributed by atoms with van der Waals surface area (Å²) in [6.45, 7) is 5.33. The summed E-state index contributed by atoms with van der Waals surface area (Å²) in [4.78, 5) is 0.339. The molecule has 0 aromatic heterocycles. The fourth-order valence-corrected chi connectivity index (χ4v) is 3.10. The zero-order valence-corrected chi connectivity index (χ0v) is 12.8. The third-order valence-corrected chi connectivity index (χ3v) is 4.73. The Morgan fingerprint density at radius 2 is 1.89 bits per heavy atom. The van der Waals surface area contributed by atoms with E-state index in [0.29, 0.717) is 23.9 Å². The second kappa shape index (κ2) is 7.62. The van der Waals surface area contributed by atoms with Gasteiger partial charge < -0.3 is 5.32 Å². The molecule has 0 atom stereocenters. The minimum Gasteiger partial charge on any atom is -0.316 e. The highest BCUT2D eigenvalue weighted by Gasteiger charge is 2.15. The maximum atomic E-state index is 12.2. The van der Waals surface area contributed by atoms with Crippen LogP contribution in [0, 0.1) is 5.92 Å². The van der Waals surface area contributed by atoms with Gasteiger partial charge in [0.05, 0.1) is 4.90 Å². The lowest BCUT2D eigenvalue weighted by molar-refractivity contribution is 0.479. The number of rotatable bonds is 8. The molecule has 0 bridgehead atoms. The molecular weight excluding hydrogens is 260 g/mol. The van der Waals surface area contributed by atoms with Crippen molar-refractivity contribution in [2.75, 3.05) is 13.6 Å². The Morgan fingerprint density at radius 3 is 2.47 bits per heavy atom. The summed E-state index contributed by atoms with van der Waals surface area (Å²) in [5.74, 6) is 0.398. The standard InChI is InChI=1S/C14H24N2O2S/c1-4-12(5-2)11-16-19(17,18)14-8-6-7-13(9-14)10-15-3/h6-9,12,15-16H,4-5,10-11H2,1-3H3. The van der Waals surface area contributed by atoms with Crippen LogP contribution in [-0.2, 0) is 16.6 Å². The molecular formula is C14H24N2O2S. The van der Waals surface area contributed by atoms with Gasteiger partial charge in [-0.05, 0) is 30.7 Å². The molecule has 108 valence electrons. The van der Waals surface area contributed by atoms with E-state index < -0.39 is 10.0 Å². The molecule has 19 heavy (non-hydrogen) atoms. The second-order valence-electron chi connectivity index (χ2n) is 4.71. The van der Waals surface area contributed by atoms with E-state index in [-0.39, 0.29) is 0 Å². The first-order valence-corrected chi connectivity index (χ1v) is 8.25. The quantitative estimate of drug-likeness (QED) is 0.769. The first-order valence-electron chi connectivity index (χ1n) is 6.76. The first-order chi connectivity index (χ1) is 9.03. The van der Waals surface area contributed by atoms with Crippen LogP contribution in [-0.4, -0.2) is 22.0 Å². The maximum Gasteiger partial charge on any atom is 0.240 e. The van der Waals surface area contributed by atoms with Crippen LogP contribution in [0.25, 0.3) is 0 Å². The van der Waals surface area contributed by atoms with Crippen molar-refractivity contribution in [2.45, 2.75) is 38.1 Å². The molecule has 0 saturated carbocycles. The minimum absolute atomic E-state index is 0.339. The Hall–Kier alpha value is -0.910. The number of nitrogens with one attached hydrogen (secondary N) is 2.